The Morgan fingerprint density at radius 2 is 1.58 bits per heavy atom. The highest BCUT2D eigenvalue weighted by Crippen LogP contribution is 2.28. The molecular formula is C21H18N4O. The Morgan fingerprint density at radius 1 is 0.962 bits per heavy atom. The highest BCUT2D eigenvalue weighted by Gasteiger charge is 2.10. The quantitative estimate of drug-likeness (QED) is 0.444. The third kappa shape index (κ3) is 3.19. The van der Waals surface area contributed by atoms with E-state index in [1.807, 2.05) is 36.4 Å². The number of pyridine rings is 1. The molecule has 1 N–H and O–H groups in total. The Balaban J connectivity index is 1.49. The zero-order valence-electron chi connectivity index (χ0n) is 14.2. The van der Waals surface area contributed by atoms with E-state index in [-0.39, 0.29) is 5.91 Å². The van der Waals surface area contributed by atoms with Crippen molar-refractivity contribution in [2.75, 3.05) is 0 Å². The van der Waals surface area contributed by atoms with Crippen LogP contribution in [0, 0.1) is 0 Å². The van der Waals surface area contributed by atoms with E-state index in [9.17, 15) is 4.79 Å². The molecule has 0 aliphatic carbocycles. The number of amides is 1. The van der Waals surface area contributed by atoms with E-state index >= 15 is 0 Å². The third-order valence-corrected chi connectivity index (χ3v) is 4.35. The number of aryl methyl sites for hydroxylation is 1. The monoisotopic (exact) mass is 342 g/mol. The van der Waals surface area contributed by atoms with E-state index in [1.54, 1.807) is 18.6 Å². The van der Waals surface area contributed by atoms with Crippen LogP contribution in [0.15, 0.2) is 78.2 Å². The number of hydrazone groups is 1. The van der Waals surface area contributed by atoms with Crippen LogP contribution in [0.5, 0.6) is 0 Å². The van der Waals surface area contributed by atoms with Gasteiger partial charge in [-0.2, -0.15) is 5.10 Å². The van der Waals surface area contributed by atoms with E-state index in [2.05, 4.69) is 44.3 Å². The van der Waals surface area contributed by atoms with E-state index in [1.165, 1.54) is 10.8 Å². The normalized spacial score (nSPS) is 11.4. The molecule has 5 nitrogen and oxygen atoms in total. The predicted octanol–water partition coefficient (Wildman–Crippen LogP) is 3.73. The summed E-state index contributed by atoms with van der Waals surface area (Å²) in [5.41, 5.74) is 5.76. The fourth-order valence-corrected chi connectivity index (χ4v) is 3.14. The molecular weight excluding hydrogens is 324 g/mol. The molecule has 0 saturated heterocycles. The number of carbonyl (C=O) groups excluding carboxylic acids is 1. The van der Waals surface area contributed by atoms with Gasteiger partial charge in [-0.25, -0.2) is 5.43 Å². The Kier molecular flexibility index (Phi) is 4.43. The Labute approximate surface area is 151 Å². The van der Waals surface area contributed by atoms with Gasteiger partial charge in [0.1, 0.15) is 0 Å². The lowest BCUT2D eigenvalue weighted by Crippen LogP contribution is -2.19. The topological polar surface area (TPSA) is 59.3 Å². The zero-order valence-corrected chi connectivity index (χ0v) is 14.2. The van der Waals surface area contributed by atoms with Crippen LogP contribution in [0.2, 0.25) is 0 Å². The summed E-state index contributed by atoms with van der Waals surface area (Å²) >= 11 is 0. The molecule has 0 saturated carbocycles. The number of fused-ring (bicyclic) bond motifs is 3. The molecule has 0 bridgehead atoms. The van der Waals surface area contributed by atoms with Crippen molar-refractivity contribution < 1.29 is 4.79 Å². The first-order valence-corrected chi connectivity index (χ1v) is 8.51. The minimum atomic E-state index is -0.114. The molecule has 0 aliphatic heterocycles. The lowest BCUT2D eigenvalue weighted by molar-refractivity contribution is -0.121. The van der Waals surface area contributed by atoms with E-state index in [0.29, 0.717) is 13.0 Å². The lowest BCUT2D eigenvalue weighted by atomic mass is 10.2. The van der Waals surface area contributed by atoms with Crippen molar-refractivity contribution in [1.29, 1.82) is 0 Å². The van der Waals surface area contributed by atoms with Crippen molar-refractivity contribution in [3.05, 3.63) is 78.6 Å². The largest absolute Gasteiger partial charge is 0.340 e. The number of nitrogens with zero attached hydrogens (tertiary/aromatic N) is 3. The molecule has 2 aromatic heterocycles. The predicted molar refractivity (Wildman–Crippen MR) is 104 cm³/mol. The van der Waals surface area contributed by atoms with Gasteiger partial charge in [-0.3, -0.25) is 9.78 Å². The van der Waals surface area contributed by atoms with Gasteiger partial charge in [0.25, 0.3) is 0 Å². The molecule has 0 fully saturated rings. The number of para-hydroxylation sites is 2. The molecule has 0 atom stereocenters. The van der Waals surface area contributed by atoms with Crippen molar-refractivity contribution >= 4 is 33.9 Å². The standard InChI is InChI=1S/C21H18N4O/c26-21(24-23-15-16-9-12-22-13-10-16)11-14-25-19-7-3-1-5-17(19)18-6-2-4-8-20(18)25/h1-10,12-13,15H,11,14H2,(H,24,26)/b23-15-. The number of carbonyl (C=O) groups is 1. The van der Waals surface area contributed by atoms with Crippen LogP contribution in [0.4, 0.5) is 0 Å². The molecule has 5 heteroatoms. The van der Waals surface area contributed by atoms with Gasteiger partial charge in [0, 0.05) is 47.2 Å². The maximum Gasteiger partial charge on any atom is 0.241 e. The summed E-state index contributed by atoms with van der Waals surface area (Å²) in [6.07, 6.45) is 5.34. The van der Waals surface area contributed by atoms with E-state index < -0.39 is 0 Å². The first-order valence-electron chi connectivity index (χ1n) is 8.51. The first kappa shape index (κ1) is 16.0. The van der Waals surface area contributed by atoms with Crippen LogP contribution >= 0.6 is 0 Å². The summed E-state index contributed by atoms with van der Waals surface area (Å²) in [7, 11) is 0. The highest BCUT2D eigenvalue weighted by molar-refractivity contribution is 6.08. The molecule has 0 radical (unpaired) electrons. The number of aromatic nitrogens is 2. The molecule has 0 aliphatic rings. The van der Waals surface area contributed by atoms with Crippen molar-refractivity contribution in [3.63, 3.8) is 0 Å². The molecule has 0 spiro atoms. The second-order valence-corrected chi connectivity index (χ2v) is 6.01. The molecule has 2 aromatic carbocycles. The van der Waals surface area contributed by atoms with Crippen molar-refractivity contribution in [1.82, 2.24) is 15.0 Å². The van der Waals surface area contributed by atoms with Crippen LogP contribution < -0.4 is 5.43 Å². The first-order chi connectivity index (χ1) is 12.8. The second kappa shape index (κ2) is 7.19. The van der Waals surface area contributed by atoms with E-state index in [0.717, 1.165) is 16.6 Å². The van der Waals surface area contributed by atoms with Crippen LogP contribution in [-0.4, -0.2) is 21.7 Å². The molecule has 128 valence electrons. The van der Waals surface area contributed by atoms with Gasteiger partial charge < -0.3 is 4.57 Å². The summed E-state index contributed by atoms with van der Waals surface area (Å²) in [5.74, 6) is -0.114. The maximum absolute atomic E-state index is 12.2. The fraction of sp³-hybridized carbons (Fsp3) is 0.0952. The van der Waals surface area contributed by atoms with Gasteiger partial charge in [0.05, 0.1) is 6.21 Å². The Bertz CT molecular complexity index is 1030. The average molecular weight is 342 g/mol. The summed E-state index contributed by atoms with van der Waals surface area (Å²) in [6.45, 7) is 0.602. The summed E-state index contributed by atoms with van der Waals surface area (Å²) < 4.78 is 2.19. The minimum Gasteiger partial charge on any atom is -0.340 e. The SMILES string of the molecule is O=C(CCn1c2ccccc2c2ccccc21)N/N=C\c1ccncc1. The van der Waals surface area contributed by atoms with Gasteiger partial charge >= 0.3 is 0 Å². The summed E-state index contributed by atoms with van der Waals surface area (Å²) in [6, 6.07) is 20.2. The second-order valence-electron chi connectivity index (χ2n) is 6.01. The van der Waals surface area contributed by atoms with Gasteiger partial charge in [0.2, 0.25) is 5.91 Å². The molecule has 4 aromatic rings. The number of hydrogen-bond acceptors (Lipinski definition) is 3. The zero-order chi connectivity index (χ0) is 17.8. The molecule has 2 heterocycles. The maximum atomic E-state index is 12.2. The van der Waals surface area contributed by atoms with E-state index in [4.69, 9.17) is 0 Å². The fourth-order valence-electron chi connectivity index (χ4n) is 3.14. The van der Waals surface area contributed by atoms with Crippen LogP contribution in [0.1, 0.15) is 12.0 Å². The van der Waals surface area contributed by atoms with Gasteiger partial charge in [-0.15, -0.1) is 0 Å². The molecule has 1 amide bonds. The van der Waals surface area contributed by atoms with Crippen molar-refractivity contribution in [2.45, 2.75) is 13.0 Å². The highest BCUT2D eigenvalue weighted by atomic mass is 16.2. The van der Waals surface area contributed by atoms with Gasteiger partial charge in [-0.05, 0) is 29.8 Å². The van der Waals surface area contributed by atoms with Gasteiger partial charge in [0.15, 0.2) is 0 Å². The van der Waals surface area contributed by atoms with Crippen molar-refractivity contribution in [2.24, 2.45) is 5.10 Å². The van der Waals surface area contributed by atoms with Crippen LogP contribution in [-0.2, 0) is 11.3 Å². The number of hydrogen-bond donors (Lipinski definition) is 1. The number of nitrogens with one attached hydrogen (secondary N) is 1. The summed E-state index contributed by atoms with van der Waals surface area (Å²) in [4.78, 5) is 16.1. The number of benzene rings is 2. The smallest absolute Gasteiger partial charge is 0.241 e. The molecule has 4 rings (SSSR count). The molecule has 26 heavy (non-hydrogen) atoms. The molecule has 0 unspecified atom stereocenters. The number of rotatable bonds is 5. The van der Waals surface area contributed by atoms with Crippen molar-refractivity contribution in [3.8, 4) is 0 Å². The Hall–Kier alpha value is -3.47. The van der Waals surface area contributed by atoms with Gasteiger partial charge in [-0.1, -0.05) is 36.4 Å². The third-order valence-electron chi connectivity index (χ3n) is 4.35. The lowest BCUT2D eigenvalue weighted by Gasteiger charge is -2.06. The minimum absolute atomic E-state index is 0.114. The average Bonchev–Trinajstić information content (AvgIpc) is 3.01. The Morgan fingerprint density at radius 3 is 2.23 bits per heavy atom. The van der Waals surface area contributed by atoms with Crippen LogP contribution in [0.3, 0.4) is 0 Å². The summed E-state index contributed by atoms with van der Waals surface area (Å²) in [5, 5.41) is 6.42. The van der Waals surface area contributed by atoms with Crippen LogP contribution in [0.25, 0.3) is 21.8 Å².